The lowest BCUT2D eigenvalue weighted by Crippen LogP contribution is -2.34. The molecule has 0 fully saturated rings. The first-order valence-corrected chi connectivity index (χ1v) is 7.49. The lowest BCUT2D eigenvalue weighted by Gasteiger charge is -2.16. The summed E-state index contributed by atoms with van der Waals surface area (Å²) in [6, 6.07) is 5.91. The molecule has 88 valence electrons. The summed E-state index contributed by atoms with van der Waals surface area (Å²) in [6.07, 6.45) is 0.918. The Morgan fingerprint density at radius 3 is 2.19 bits per heavy atom. The van der Waals surface area contributed by atoms with Crippen LogP contribution in [0.25, 0.3) is 0 Å². The summed E-state index contributed by atoms with van der Waals surface area (Å²) in [5, 5.41) is 0. The summed E-state index contributed by atoms with van der Waals surface area (Å²) in [7, 11) is -3.69. The molecule has 1 aromatic carbocycles. The van der Waals surface area contributed by atoms with Gasteiger partial charge in [0.05, 0.1) is 0 Å². The van der Waals surface area contributed by atoms with E-state index in [0.29, 0.717) is 5.69 Å². The minimum atomic E-state index is -3.69. The van der Waals surface area contributed by atoms with Crippen molar-refractivity contribution in [2.24, 2.45) is 0 Å². The summed E-state index contributed by atoms with van der Waals surface area (Å²) >= 11 is 7.17. The Morgan fingerprint density at radius 1 is 1.38 bits per heavy atom. The minimum absolute atomic E-state index is 0.212. The van der Waals surface area contributed by atoms with E-state index < -0.39 is 17.8 Å². The lowest BCUT2D eigenvalue weighted by molar-refractivity contribution is 0.100. The molecule has 0 aromatic heterocycles. The first kappa shape index (κ1) is 13.7. The predicted molar refractivity (Wildman–Crippen MR) is 72.6 cm³/mol. The van der Waals surface area contributed by atoms with Crippen LogP contribution < -0.4 is 5.73 Å². The number of carbonyl (C=O) groups excluding carboxylic acids is 1. The van der Waals surface area contributed by atoms with Crippen molar-refractivity contribution in [1.82, 2.24) is 0 Å². The number of Topliss-reactive ketones (excluding diaryl/α,β-unsaturated/α-hetero) is 1. The molecule has 2 N–H and O–H groups in total. The van der Waals surface area contributed by atoms with E-state index in [0.717, 1.165) is 6.26 Å². The average molecular weight is 374 g/mol. The second kappa shape index (κ2) is 4.50. The van der Waals surface area contributed by atoms with Crippen LogP contribution in [0.15, 0.2) is 24.3 Å². The average Bonchev–Trinajstić information content (AvgIpc) is 2.16. The van der Waals surface area contributed by atoms with Crippen LogP contribution in [0.3, 0.4) is 0 Å². The number of sulfone groups is 1. The van der Waals surface area contributed by atoms with Crippen LogP contribution in [0.1, 0.15) is 10.4 Å². The zero-order valence-electron chi connectivity index (χ0n) is 8.28. The van der Waals surface area contributed by atoms with Crippen molar-refractivity contribution in [3.05, 3.63) is 29.8 Å². The molecule has 1 rings (SSSR count). The van der Waals surface area contributed by atoms with Gasteiger partial charge in [-0.2, -0.15) is 0 Å². The van der Waals surface area contributed by atoms with Gasteiger partial charge >= 0.3 is 0 Å². The largest absolute Gasteiger partial charge is 0.399 e. The molecule has 0 heterocycles. The van der Waals surface area contributed by atoms with Crippen molar-refractivity contribution in [3.8, 4) is 0 Å². The lowest BCUT2D eigenvalue weighted by atomic mass is 10.1. The third-order valence-electron chi connectivity index (χ3n) is 1.90. The van der Waals surface area contributed by atoms with Crippen molar-refractivity contribution in [2.45, 2.75) is 2.21 Å². The smallest absolute Gasteiger partial charge is 0.257 e. The van der Waals surface area contributed by atoms with Crippen molar-refractivity contribution >= 4 is 55.5 Å². The Bertz CT molecular complexity index is 510. The van der Waals surface area contributed by atoms with Crippen LogP contribution in [-0.4, -0.2) is 22.7 Å². The van der Waals surface area contributed by atoms with E-state index >= 15 is 0 Å². The van der Waals surface area contributed by atoms with E-state index in [1.165, 1.54) is 46.9 Å². The topological polar surface area (TPSA) is 77.2 Å². The third-order valence-corrected chi connectivity index (χ3v) is 6.92. The van der Waals surface area contributed by atoms with E-state index in [2.05, 4.69) is 0 Å². The molecule has 1 atom stereocenters. The van der Waals surface area contributed by atoms with Crippen LogP contribution in [0.2, 0.25) is 0 Å². The van der Waals surface area contributed by atoms with E-state index in [-0.39, 0.29) is 5.56 Å². The molecule has 7 heteroatoms. The zero-order chi connectivity index (χ0) is 12.6. The van der Waals surface area contributed by atoms with Gasteiger partial charge in [0.25, 0.3) is 2.21 Å². The second-order valence-corrected chi connectivity index (χ2v) is 9.18. The van der Waals surface area contributed by atoms with Gasteiger partial charge in [-0.1, -0.05) is 11.6 Å². The van der Waals surface area contributed by atoms with Gasteiger partial charge < -0.3 is 5.73 Å². The Morgan fingerprint density at radius 2 is 1.81 bits per heavy atom. The molecule has 0 aliphatic rings. The molecule has 0 unspecified atom stereocenters. The summed E-state index contributed by atoms with van der Waals surface area (Å²) < 4.78 is 20.7. The van der Waals surface area contributed by atoms with Crippen molar-refractivity contribution < 1.29 is 13.2 Å². The van der Waals surface area contributed by atoms with Crippen molar-refractivity contribution in [1.29, 1.82) is 0 Å². The van der Waals surface area contributed by atoms with Gasteiger partial charge in [0.2, 0.25) is 5.78 Å². The molecule has 1 aromatic rings. The second-order valence-electron chi connectivity index (χ2n) is 3.24. The summed E-state index contributed by atoms with van der Waals surface area (Å²) in [6.45, 7) is 0. The van der Waals surface area contributed by atoms with Crippen LogP contribution in [0.4, 0.5) is 5.69 Å². The number of rotatable bonds is 3. The maximum absolute atomic E-state index is 11.9. The number of alkyl halides is 2. The van der Waals surface area contributed by atoms with Gasteiger partial charge in [0.15, 0.2) is 9.84 Å². The quantitative estimate of drug-likeness (QED) is 0.379. The number of hydrogen-bond acceptors (Lipinski definition) is 4. The Hall–Kier alpha value is -0.340. The highest BCUT2D eigenvalue weighted by atomic mass is 127. The van der Waals surface area contributed by atoms with E-state index in [1.54, 1.807) is 0 Å². The Balaban J connectivity index is 3.18. The number of nitrogens with two attached hydrogens (primary N) is 1. The first-order chi connectivity index (χ1) is 7.16. The first-order valence-electron chi connectivity index (χ1n) is 4.14. The fraction of sp³-hybridized carbons (Fsp3) is 0.222. The maximum Gasteiger partial charge on any atom is 0.257 e. The normalized spacial score (nSPS) is 15.4. The van der Waals surface area contributed by atoms with Crippen molar-refractivity contribution in [2.75, 3.05) is 12.0 Å². The van der Waals surface area contributed by atoms with Gasteiger partial charge in [-0.3, -0.25) is 4.79 Å². The van der Waals surface area contributed by atoms with Crippen LogP contribution in [0.5, 0.6) is 0 Å². The highest BCUT2D eigenvalue weighted by Gasteiger charge is 2.43. The fourth-order valence-corrected chi connectivity index (χ4v) is 1.85. The molecule has 16 heavy (non-hydrogen) atoms. The number of ketones is 1. The van der Waals surface area contributed by atoms with Gasteiger partial charge in [-0.15, -0.1) is 0 Å². The number of benzene rings is 1. The number of carbonyl (C=O) groups is 1. The molecular formula is C9H9ClINO3S. The van der Waals surface area contributed by atoms with Crippen LogP contribution in [-0.2, 0) is 9.84 Å². The molecule has 0 radical (unpaired) electrons. The minimum Gasteiger partial charge on any atom is -0.399 e. The molecule has 0 saturated heterocycles. The van der Waals surface area contributed by atoms with Gasteiger partial charge in [0.1, 0.15) is 0 Å². The predicted octanol–water partition coefficient (Wildman–Crippen LogP) is 1.82. The van der Waals surface area contributed by atoms with Gasteiger partial charge in [0, 0.05) is 17.5 Å². The zero-order valence-corrected chi connectivity index (χ0v) is 12.0. The van der Waals surface area contributed by atoms with Crippen LogP contribution in [0, 0.1) is 0 Å². The molecule has 0 aliphatic carbocycles. The third kappa shape index (κ3) is 2.67. The summed E-state index contributed by atoms with van der Waals surface area (Å²) in [5.74, 6) is -0.669. The Kier molecular flexibility index (Phi) is 3.86. The standard InChI is InChI=1S/C9H9ClINO3S/c1-16(14,15)9(10,11)8(13)6-2-4-7(12)5-3-6/h2-5H,12H2,1H3/t9-/m0/s1. The summed E-state index contributed by atoms with van der Waals surface area (Å²) in [4.78, 5) is 11.9. The highest BCUT2D eigenvalue weighted by Crippen LogP contribution is 2.34. The van der Waals surface area contributed by atoms with E-state index in [9.17, 15) is 13.2 Å². The molecule has 0 bridgehead atoms. The molecule has 0 saturated carbocycles. The van der Waals surface area contributed by atoms with Gasteiger partial charge in [-0.25, -0.2) is 8.42 Å². The fourth-order valence-electron chi connectivity index (χ4n) is 0.971. The molecule has 0 aliphatic heterocycles. The van der Waals surface area contributed by atoms with Crippen LogP contribution >= 0.6 is 34.2 Å². The Labute approximate surface area is 112 Å². The number of hydrogen-bond donors (Lipinski definition) is 1. The summed E-state index contributed by atoms with van der Waals surface area (Å²) in [5.41, 5.74) is 6.16. The number of nitrogen functional groups attached to an aromatic ring is 1. The van der Waals surface area contributed by atoms with Gasteiger partial charge in [-0.05, 0) is 46.9 Å². The number of anilines is 1. The monoisotopic (exact) mass is 373 g/mol. The molecule has 4 nitrogen and oxygen atoms in total. The van der Waals surface area contributed by atoms with E-state index in [4.69, 9.17) is 17.3 Å². The maximum atomic E-state index is 11.9. The van der Waals surface area contributed by atoms with Crippen molar-refractivity contribution in [3.63, 3.8) is 0 Å². The SMILES string of the molecule is CS(=O)(=O)[C@@](Cl)(I)C(=O)c1ccc(N)cc1. The van der Waals surface area contributed by atoms with E-state index in [1.807, 2.05) is 0 Å². The molecular weight excluding hydrogens is 365 g/mol. The number of halogens is 2. The highest BCUT2D eigenvalue weighted by molar-refractivity contribution is 14.1. The molecule has 0 amide bonds. The molecule has 0 spiro atoms.